The van der Waals surface area contributed by atoms with Crippen LogP contribution in [0.3, 0.4) is 0 Å². The van der Waals surface area contributed by atoms with Gasteiger partial charge in [0.25, 0.3) is 5.91 Å². The number of pyridine rings is 1. The Morgan fingerprint density at radius 2 is 1.96 bits per heavy atom. The molecule has 2 aromatic carbocycles. The minimum atomic E-state index is -0.311. The minimum Gasteiger partial charge on any atom is -0.322 e. The molecule has 7 heteroatoms. The van der Waals surface area contributed by atoms with Crippen LogP contribution in [0.5, 0.6) is 0 Å². The second-order valence-corrected chi connectivity index (χ2v) is 7.78. The number of nitrogens with one attached hydrogen (secondary N) is 1. The molecule has 0 atom stereocenters. The first-order valence-electron chi connectivity index (χ1n) is 8.10. The van der Waals surface area contributed by atoms with E-state index in [4.69, 9.17) is 23.2 Å². The summed E-state index contributed by atoms with van der Waals surface area (Å²) in [4.78, 5) is 22.5. The SMILES string of the molecule is Cc1ccc(-c2nc3cccnc3s2)cc1NC(=O)c1cc(Cl)ccc1Cl. The van der Waals surface area contributed by atoms with Crippen LogP contribution in [0.25, 0.3) is 20.9 Å². The number of benzene rings is 2. The summed E-state index contributed by atoms with van der Waals surface area (Å²) in [6, 6.07) is 14.4. The Morgan fingerprint density at radius 1 is 1.11 bits per heavy atom. The van der Waals surface area contributed by atoms with Gasteiger partial charge in [-0.15, -0.1) is 0 Å². The topological polar surface area (TPSA) is 54.9 Å². The largest absolute Gasteiger partial charge is 0.322 e. The molecular weight excluding hydrogens is 401 g/mol. The van der Waals surface area contributed by atoms with Crippen molar-refractivity contribution in [3.63, 3.8) is 0 Å². The number of aryl methyl sites for hydroxylation is 1. The number of hydrogen-bond acceptors (Lipinski definition) is 4. The Bertz CT molecular complexity index is 1140. The Hall–Kier alpha value is -2.47. The molecule has 0 aliphatic carbocycles. The van der Waals surface area contributed by atoms with Crippen molar-refractivity contribution in [1.82, 2.24) is 9.97 Å². The fourth-order valence-electron chi connectivity index (χ4n) is 2.64. The van der Waals surface area contributed by atoms with E-state index in [1.165, 1.54) is 11.3 Å². The van der Waals surface area contributed by atoms with Crippen molar-refractivity contribution in [2.24, 2.45) is 0 Å². The van der Waals surface area contributed by atoms with Crippen molar-refractivity contribution in [3.05, 3.63) is 75.9 Å². The van der Waals surface area contributed by atoms with Crippen LogP contribution >= 0.6 is 34.5 Å². The second-order valence-electron chi connectivity index (χ2n) is 5.95. The van der Waals surface area contributed by atoms with Gasteiger partial charge < -0.3 is 5.32 Å². The quantitative estimate of drug-likeness (QED) is 0.433. The Kier molecular flexibility index (Phi) is 4.83. The summed E-state index contributed by atoms with van der Waals surface area (Å²) < 4.78 is 0. The third kappa shape index (κ3) is 3.67. The Morgan fingerprint density at radius 3 is 2.78 bits per heavy atom. The number of amides is 1. The summed E-state index contributed by atoms with van der Waals surface area (Å²) in [5.74, 6) is -0.311. The van der Waals surface area contributed by atoms with Crippen molar-refractivity contribution in [2.45, 2.75) is 6.92 Å². The molecule has 4 rings (SSSR count). The summed E-state index contributed by atoms with van der Waals surface area (Å²) in [5.41, 5.74) is 3.73. The van der Waals surface area contributed by atoms with Gasteiger partial charge in [0, 0.05) is 22.5 Å². The number of carbonyl (C=O) groups is 1. The lowest BCUT2D eigenvalue weighted by atomic mass is 10.1. The Balaban J connectivity index is 1.68. The smallest absolute Gasteiger partial charge is 0.257 e. The first kappa shape index (κ1) is 17.9. The average molecular weight is 414 g/mol. The van der Waals surface area contributed by atoms with Gasteiger partial charge in [-0.05, 0) is 48.9 Å². The lowest BCUT2D eigenvalue weighted by Crippen LogP contribution is -2.13. The van der Waals surface area contributed by atoms with E-state index in [0.29, 0.717) is 21.3 Å². The van der Waals surface area contributed by atoms with Crippen LogP contribution in [-0.2, 0) is 0 Å². The lowest BCUT2D eigenvalue weighted by Gasteiger charge is -2.11. The van der Waals surface area contributed by atoms with Crippen LogP contribution in [-0.4, -0.2) is 15.9 Å². The highest BCUT2D eigenvalue weighted by Gasteiger charge is 2.14. The van der Waals surface area contributed by atoms with Crippen molar-refractivity contribution in [1.29, 1.82) is 0 Å². The maximum absolute atomic E-state index is 12.7. The number of hydrogen-bond donors (Lipinski definition) is 1. The van der Waals surface area contributed by atoms with Gasteiger partial charge in [-0.3, -0.25) is 4.79 Å². The summed E-state index contributed by atoms with van der Waals surface area (Å²) in [5, 5.41) is 4.57. The maximum Gasteiger partial charge on any atom is 0.257 e. The first-order valence-corrected chi connectivity index (χ1v) is 9.67. The second kappa shape index (κ2) is 7.27. The number of anilines is 1. The molecular formula is C20H13Cl2N3OS. The summed E-state index contributed by atoms with van der Waals surface area (Å²) in [6.07, 6.45) is 1.75. The van der Waals surface area contributed by atoms with E-state index in [0.717, 1.165) is 26.5 Å². The molecule has 0 spiro atoms. The zero-order valence-electron chi connectivity index (χ0n) is 14.2. The number of carbonyl (C=O) groups excluding carboxylic acids is 1. The van der Waals surface area contributed by atoms with Gasteiger partial charge in [-0.2, -0.15) is 0 Å². The van der Waals surface area contributed by atoms with Gasteiger partial charge in [-0.25, -0.2) is 9.97 Å². The van der Waals surface area contributed by atoms with E-state index in [9.17, 15) is 4.79 Å². The first-order chi connectivity index (χ1) is 13.0. The molecule has 2 heterocycles. The molecule has 134 valence electrons. The van der Waals surface area contributed by atoms with E-state index in [1.54, 1.807) is 24.4 Å². The fourth-order valence-corrected chi connectivity index (χ4v) is 3.92. The van der Waals surface area contributed by atoms with Gasteiger partial charge >= 0.3 is 0 Å². The molecule has 0 saturated carbocycles. The molecule has 0 radical (unpaired) electrons. The van der Waals surface area contributed by atoms with Crippen LogP contribution in [0.4, 0.5) is 5.69 Å². The van der Waals surface area contributed by atoms with Crippen molar-refractivity contribution in [3.8, 4) is 10.6 Å². The molecule has 2 aromatic heterocycles. The van der Waals surface area contributed by atoms with Crippen molar-refractivity contribution in [2.75, 3.05) is 5.32 Å². The average Bonchev–Trinajstić information content (AvgIpc) is 3.09. The summed E-state index contributed by atoms with van der Waals surface area (Å²) >= 11 is 13.6. The van der Waals surface area contributed by atoms with Crippen molar-refractivity contribution >= 4 is 56.5 Å². The third-order valence-corrected chi connectivity index (χ3v) is 5.67. The van der Waals surface area contributed by atoms with Crippen LogP contribution in [0.2, 0.25) is 10.0 Å². The number of fused-ring (bicyclic) bond motifs is 1. The third-order valence-electron chi connectivity index (χ3n) is 4.07. The predicted octanol–water partition coefficient (Wildman–Crippen LogP) is 6.23. The molecule has 0 unspecified atom stereocenters. The molecule has 1 N–H and O–H groups in total. The van der Waals surface area contributed by atoms with Crippen LogP contribution in [0.1, 0.15) is 15.9 Å². The fraction of sp³-hybridized carbons (Fsp3) is 0.0500. The van der Waals surface area contributed by atoms with E-state index >= 15 is 0 Å². The highest BCUT2D eigenvalue weighted by atomic mass is 35.5. The molecule has 0 aliphatic heterocycles. The Labute approximate surface area is 169 Å². The normalized spacial score (nSPS) is 10.9. The zero-order chi connectivity index (χ0) is 19.0. The lowest BCUT2D eigenvalue weighted by molar-refractivity contribution is 0.102. The summed E-state index contributed by atoms with van der Waals surface area (Å²) in [7, 11) is 0. The monoisotopic (exact) mass is 413 g/mol. The van der Waals surface area contributed by atoms with Crippen LogP contribution in [0.15, 0.2) is 54.7 Å². The van der Waals surface area contributed by atoms with Gasteiger partial charge in [0.2, 0.25) is 0 Å². The molecule has 0 fully saturated rings. The molecule has 0 aliphatic rings. The minimum absolute atomic E-state index is 0.311. The standard InChI is InChI=1S/C20H13Cl2N3OS/c1-11-4-5-12(19-25-16-3-2-8-23-20(16)27-19)9-17(11)24-18(26)14-10-13(21)6-7-15(14)22/h2-10H,1H3,(H,24,26). The highest BCUT2D eigenvalue weighted by molar-refractivity contribution is 7.21. The maximum atomic E-state index is 12.7. The van der Waals surface area contributed by atoms with E-state index < -0.39 is 0 Å². The number of halogens is 2. The number of nitrogens with zero attached hydrogens (tertiary/aromatic N) is 2. The molecule has 27 heavy (non-hydrogen) atoms. The highest BCUT2D eigenvalue weighted by Crippen LogP contribution is 2.32. The molecule has 4 aromatic rings. The van der Waals surface area contributed by atoms with E-state index in [1.807, 2.05) is 37.3 Å². The van der Waals surface area contributed by atoms with Gasteiger partial charge in [-0.1, -0.05) is 46.7 Å². The van der Waals surface area contributed by atoms with Crippen LogP contribution < -0.4 is 5.32 Å². The number of aromatic nitrogens is 2. The van der Waals surface area contributed by atoms with E-state index in [-0.39, 0.29) is 5.91 Å². The predicted molar refractivity (Wildman–Crippen MR) is 112 cm³/mol. The van der Waals surface area contributed by atoms with Crippen LogP contribution in [0, 0.1) is 6.92 Å². The molecule has 4 nitrogen and oxygen atoms in total. The zero-order valence-corrected chi connectivity index (χ0v) is 16.5. The van der Waals surface area contributed by atoms with Gasteiger partial charge in [0.15, 0.2) is 0 Å². The summed E-state index contributed by atoms with van der Waals surface area (Å²) in [6.45, 7) is 1.93. The van der Waals surface area contributed by atoms with E-state index in [2.05, 4.69) is 15.3 Å². The van der Waals surface area contributed by atoms with Gasteiger partial charge in [0.05, 0.1) is 10.6 Å². The number of thiazole rings is 1. The molecule has 0 bridgehead atoms. The van der Waals surface area contributed by atoms with Gasteiger partial charge in [0.1, 0.15) is 15.4 Å². The molecule has 1 amide bonds. The van der Waals surface area contributed by atoms with Crippen molar-refractivity contribution < 1.29 is 4.79 Å². The number of rotatable bonds is 3. The molecule has 0 saturated heterocycles.